The summed E-state index contributed by atoms with van der Waals surface area (Å²) in [4.78, 5) is 30.5. The molecule has 1 saturated heterocycles. The number of Topliss-reactive ketones (excluding diaryl/α,β-unsaturated/α-hetero) is 1. The highest BCUT2D eigenvalue weighted by molar-refractivity contribution is 6.11. The topological polar surface area (TPSA) is 75.4 Å². The summed E-state index contributed by atoms with van der Waals surface area (Å²) in [6, 6.07) is 39.4. The number of carbonyl (C=O) groups is 2. The molecule has 6 heteroatoms. The predicted octanol–water partition coefficient (Wildman–Crippen LogP) is 6.73. The molecule has 42 heavy (non-hydrogen) atoms. The molecule has 206 valence electrons. The van der Waals surface area contributed by atoms with Crippen LogP contribution in [0.4, 0.5) is 4.79 Å². The van der Waals surface area contributed by atoms with E-state index >= 15 is 0 Å². The third kappa shape index (κ3) is 3.98. The summed E-state index contributed by atoms with van der Waals surface area (Å²) in [6.45, 7) is 0.566. The first kappa shape index (κ1) is 25.7. The molecule has 4 aromatic carbocycles. The van der Waals surface area contributed by atoms with E-state index in [1.807, 2.05) is 54.9 Å². The second kappa shape index (κ2) is 10.00. The molecule has 1 amide bonds. The summed E-state index contributed by atoms with van der Waals surface area (Å²) in [5.41, 5.74) is 5.52. The van der Waals surface area contributed by atoms with Gasteiger partial charge in [0.15, 0.2) is 5.78 Å². The predicted molar refractivity (Wildman–Crippen MR) is 162 cm³/mol. The van der Waals surface area contributed by atoms with Crippen molar-refractivity contribution < 1.29 is 14.7 Å². The summed E-state index contributed by atoms with van der Waals surface area (Å²) < 4.78 is 2.19. The van der Waals surface area contributed by atoms with Crippen molar-refractivity contribution >= 4 is 18.0 Å². The van der Waals surface area contributed by atoms with Crippen LogP contribution in [0.5, 0.6) is 0 Å². The van der Waals surface area contributed by atoms with E-state index in [0.717, 1.165) is 39.1 Å². The van der Waals surface area contributed by atoms with Gasteiger partial charge in [0.25, 0.3) is 0 Å². The fourth-order valence-corrected chi connectivity index (χ4v) is 6.63. The smallest absolute Gasteiger partial charge is 0.407 e. The number of hydrogen-bond donors (Lipinski definition) is 1. The summed E-state index contributed by atoms with van der Waals surface area (Å²) >= 11 is 0. The Balaban J connectivity index is 1.32. The van der Waals surface area contributed by atoms with Gasteiger partial charge in [-0.15, -0.1) is 0 Å². The maximum atomic E-state index is 13.1. The molecular weight excluding hydrogens is 522 g/mol. The number of carboxylic acid groups (broad SMARTS) is 1. The molecule has 2 aliphatic rings. The Kier molecular flexibility index (Phi) is 6.12. The lowest BCUT2D eigenvalue weighted by molar-refractivity contribution is -0.141. The fraction of sp³-hybridized carbons (Fsp3) is 0.139. The number of imidazole rings is 1. The van der Waals surface area contributed by atoms with Crippen LogP contribution in [-0.4, -0.2) is 44.5 Å². The van der Waals surface area contributed by atoms with Gasteiger partial charge in [-0.25, -0.2) is 9.78 Å². The van der Waals surface area contributed by atoms with Gasteiger partial charge in [-0.1, -0.05) is 115 Å². The number of amides is 1. The molecule has 2 fully saturated rings. The molecule has 0 atom stereocenters. The van der Waals surface area contributed by atoms with E-state index in [2.05, 4.69) is 83.6 Å². The zero-order valence-corrected chi connectivity index (χ0v) is 22.9. The van der Waals surface area contributed by atoms with Gasteiger partial charge in [0.1, 0.15) is 5.54 Å². The minimum absolute atomic E-state index is 0.0524. The van der Waals surface area contributed by atoms with Gasteiger partial charge in [-0.05, 0) is 40.3 Å². The zero-order chi connectivity index (χ0) is 28.7. The molecule has 0 radical (unpaired) electrons. The van der Waals surface area contributed by atoms with Crippen molar-refractivity contribution in [1.29, 1.82) is 0 Å². The molecule has 1 spiro atoms. The van der Waals surface area contributed by atoms with Gasteiger partial charge in [-0.2, -0.15) is 0 Å². The number of aromatic nitrogens is 2. The number of ketones is 1. The van der Waals surface area contributed by atoms with Gasteiger partial charge < -0.3 is 14.6 Å². The number of carbonyl (C=O) groups excluding carboxylic acids is 1. The Labute approximate surface area is 244 Å². The average Bonchev–Trinajstić information content (AvgIpc) is 3.50. The van der Waals surface area contributed by atoms with Crippen molar-refractivity contribution in [2.45, 2.75) is 12.0 Å². The second-order valence-corrected chi connectivity index (χ2v) is 11.2. The Morgan fingerprint density at radius 3 is 1.83 bits per heavy atom. The third-order valence-corrected chi connectivity index (χ3v) is 8.67. The minimum atomic E-state index is -0.968. The fourth-order valence-electron chi connectivity index (χ4n) is 6.63. The number of hydrogen-bond acceptors (Lipinski definition) is 3. The number of allylic oxidation sites excluding steroid dienone is 1. The van der Waals surface area contributed by atoms with Crippen LogP contribution in [0, 0.1) is 5.41 Å². The highest BCUT2D eigenvalue weighted by Crippen LogP contribution is 2.49. The van der Waals surface area contributed by atoms with E-state index in [9.17, 15) is 14.7 Å². The Morgan fingerprint density at radius 2 is 1.31 bits per heavy atom. The van der Waals surface area contributed by atoms with Gasteiger partial charge >= 0.3 is 6.09 Å². The van der Waals surface area contributed by atoms with E-state index in [0.29, 0.717) is 6.42 Å². The number of rotatable bonds is 6. The molecule has 1 N–H and O–H groups in total. The van der Waals surface area contributed by atoms with Crippen LogP contribution in [-0.2, 0) is 10.3 Å². The monoisotopic (exact) mass is 551 g/mol. The largest absolute Gasteiger partial charge is 0.465 e. The molecule has 1 saturated carbocycles. The quantitative estimate of drug-likeness (QED) is 0.188. The van der Waals surface area contributed by atoms with Crippen molar-refractivity contribution in [1.82, 2.24) is 14.5 Å². The first-order chi connectivity index (χ1) is 20.5. The highest BCUT2D eigenvalue weighted by Gasteiger charge is 2.58. The number of benzene rings is 4. The number of likely N-dealkylation sites (tertiary alicyclic amines) is 1. The molecule has 2 heterocycles. The maximum Gasteiger partial charge on any atom is 0.407 e. The zero-order valence-electron chi connectivity index (χ0n) is 22.9. The Hall–Kier alpha value is -5.23. The molecule has 5 aromatic rings. The van der Waals surface area contributed by atoms with Gasteiger partial charge in [0.2, 0.25) is 0 Å². The Morgan fingerprint density at radius 1 is 0.786 bits per heavy atom. The van der Waals surface area contributed by atoms with Crippen LogP contribution < -0.4 is 0 Å². The van der Waals surface area contributed by atoms with Gasteiger partial charge in [0, 0.05) is 24.8 Å². The number of nitrogens with zero attached hydrogens (tertiary/aromatic N) is 3. The molecular formula is C36H29N3O3. The minimum Gasteiger partial charge on any atom is -0.465 e. The lowest BCUT2D eigenvalue weighted by Gasteiger charge is -2.53. The highest BCUT2D eigenvalue weighted by atomic mass is 16.4. The lowest BCUT2D eigenvalue weighted by atomic mass is 9.59. The van der Waals surface area contributed by atoms with Crippen LogP contribution in [0.1, 0.15) is 28.7 Å². The van der Waals surface area contributed by atoms with Crippen molar-refractivity contribution in [3.05, 3.63) is 156 Å². The van der Waals surface area contributed by atoms with Crippen molar-refractivity contribution in [2.75, 3.05) is 13.1 Å². The second-order valence-electron chi connectivity index (χ2n) is 11.2. The van der Waals surface area contributed by atoms with E-state index < -0.39 is 17.0 Å². The molecule has 1 aliphatic heterocycles. The maximum absolute atomic E-state index is 13.1. The van der Waals surface area contributed by atoms with Crippen LogP contribution >= 0.6 is 0 Å². The standard InChI is InChI=1S/C36H29N3O3/c40-33-27(21-35(33)23-38(24-35)34(41)42)20-26-12-10-11-19-31(26)32-22-39(25-37-32)36(28-13-4-1-5-14-28,29-15-6-2-7-16-29)30-17-8-3-9-18-30/h1-20,22,25H,21,23-24H2,(H,41,42). The van der Waals surface area contributed by atoms with E-state index in [4.69, 9.17) is 4.98 Å². The molecule has 7 rings (SSSR count). The van der Waals surface area contributed by atoms with Gasteiger partial charge in [0.05, 0.1) is 17.4 Å². The van der Waals surface area contributed by atoms with Crippen molar-refractivity contribution in [2.24, 2.45) is 5.41 Å². The van der Waals surface area contributed by atoms with Crippen LogP contribution in [0.3, 0.4) is 0 Å². The van der Waals surface area contributed by atoms with Gasteiger partial charge in [-0.3, -0.25) is 4.79 Å². The first-order valence-electron chi connectivity index (χ1n) is 14.0. The van der Waals surface area contributed by atoms with E-state index in [1.165, 1.54) is 4.90 Å². The summed E-state index contributed by atoms with van der Waals surface area (Å²) in [5.74, 6) is 0.0524. The molecule has 6 nitrogen and oxygen atoms in total. The average molecular weight is 552 g/mol. The molecule has 0 bridgehead atoms. The Bertz CT molecular complexity index is 1710. The van der Waals surface area contributed by atoms with E-state index in [-0.39, 0.29) is 18.9 Å². The summed E-state index contributed by atoms with van der Waals surface area (Å²) in [6.07, 6.45) is 5.56. The third-order valence-electron chi connectivity index (χ3n) is 8.67. The molecule has 1 aromatic heterocycles. The van der Waals surface area contributed by atoms with Crippen LogP contribution in [0.25, 0.3) is 17.3 Å². The summed E-state index contributed by atoms with van der Waals surface area (Å²) in [5, 5.41) is 9.20. The van der Waals surface area contributed by atoms with Crippen molar-refractivity contribution in [3.63, 3.8) is 0 Å². The normalized spacial score (nSPS) is 16.7. The SMILES string of the molecule is O=C(O)N1CC2(CC(=Cc3ccccc3-c3cn(C(c4ccccc4)(c4ccccc4)c4ccccc4)cn3)C2=O)C1. The van der Waals surface area contributed by atoms with Crippen LogP contribution in [0.2, 0.25) is 0 Å². The molecule has 0 unspecified atom stereocenters. The van der Waals surface area contributed by atoms with E-state index in [1.54, 1.807) is 0 Å². The summed E-state index contributed by atoms with van der Waals surface area (Å²) in [7, 11) is 0. The van der Waals surface area contributed by atoms with Crippen molar-refractivity contribution in [3.8, 4) is 11.3 Å². The lowest BCUT2D eigenvalue weighted by Crippen LogP contribution is -2.66. The van der Waals surface area contributed by atoms with Crippen LogP contribution in [0.15, 0.2) is 133 Å². The first-order valence-corrected chi connectivity index (χ1v) is 14.0. The molecule has 1 aliphatic carbocycles.